The lowest BCUT2D eigenvalue weighted by Gasteiger charge is -2.12. The van der Waals surface area contributed by atoms with Gasteiger partial charge < -0.3 is 30.4 Å². The van der Waals surface area contributed by atoms with Crippen LogP contribution in [0.15, 0.2) is 18.2 Å². The molecule has 0 saturated carbocycles. The van der Waals surface area contributed by atoms with Gasteiger partial charge in [-0.1, -0.05) is 0 Å². The molecule has 26 heavy (non-hydrogen) atoms. The van der Waals surface area contributed by atoms with E-state index < -0.39 is 5.97 Å². The van der Waals surface area contributed by atoms with Crippen LogP contribution in [0.25, 0.3) is 6.08 Å². The zero-order valence-electron chi connectivity index (χ0n) is 14.6. The Hall–Kier alpha value is -3.56. The fraction of sp³-hybridized carbons (Fsp3) is 0.250. The predicted molar refractivity (Wildman–Crippen MR) is 93.6 cm³/mol. The van der Waals surface area contributed by atoms with Crippen molar-refractivity contribution in [3.63, 3.8) is 0 Å². The van der Waals surface area contributed by atoms with Gasteiger partial charge in [0.25, 0.3) is 0 Å². The number of esters is 1. The summed E-state index contributed by atoms with van der Waals surface area (Å²) in [5.41, 5.74) is 11.6. The van der Waals surface area contributed by atoms with E-state index in [-0.39, 0.29) is 24.3 Å². The van der Waals surface area contributed by atoms with Gasteiger partial charge in [0.05, 0.1) is 21.3 Å². The fourth-order valence-corrected chi connectivity index (χ4v) is 2.07. The third kappa shape index (κ3) is 4.72. The van der Waals surface area contributed by atoms with Crippen LogP contribution in [-0.4, -0.2) is 42.3 Å². The van der Waals surface area contributed by atoms with Crippen molar-refractivity contribution in [2.75, 3.05) is 32.8 Å². The van der Waals surface area contributed by atoms with E-state index in [2.05, 4.69) is 15.0 Å². The van der Waals surface area contributed by atoms with Crippen molar-refractivity contribution in [2.24, 2.45) is 0 Å². The molecule has 10 heteroatoms. The number of hydrogen-bond acceptors (Lipinski definition) is 10. The number of nitrogen functional groups attached to an aromatic ring is 2. The summed E-state index contributed by atoms with van der Waals surface area (Å²) in [5.74, 6) is 0.862. The van der Waals surface area contributed by atoms with Gasteiger partial charge in [-0.25, -0.2) is 4.79 Å². The van der Waals surface area contributed by atoms with E-state index in [4.69, 9.17) is 30.4 Å². The lowest BCUT2D eigenvalue weighted by atomic mass is 10.1. The second-order valence-corrected chi connectivity index (χ2v) is 4.87. The van der Waals surface area contributed by atoms with Gasteiger partial charge in [0, 0.05) is 6.08 Å². The molecule has 0 aliphatic carbocycles. The molecule has 0 aliphatic rings. The highest BCUT2D eigenvalue weighted by Crippen LogP contribution is 2.38. The maximum Gasteiger partial charge on any atom is 0.331 e. The molecule has 4 N–H and O–H groups in total. The maximum atomic E-state index is 11.9. The number of methoxy groups -OCH3 is 3. The number of carbonyl (C=O) groups excluding carboxylic acids is 1. The molecule has 1 heterocycles. The Morgan fingerprint density at radius 3 is 2.08 bits per heavy atom. The lowest BCUT2D eigenvalue weighted by Crippen LogP contribution is -2.09. The molecule has 2 aromatic rings. The van der Waals surface area contributed by atoms with Crippen molar-refractivity contribution in [1.29, 1.82) is 0 Å². The summed E-state index contributed by atoms with van der Waals surface area (Å²) in [7, 11) is 4.52. The predicted octanol–water partition coefficient (Wildman–Crippen LogP) is 0.818. The molecule has 0 aliphatic heterocycles. The average Bonchev–Trinajstić information content (AvgIpc) is 2.62. The van der Waals surface area contributed by atoms with Gasteiger partial charge in [0.15, 0.2) is 23.9 Å². The zero-order valence-corrected chi connectivity index (χ0v) is 14.6. The van der Waals surface area contributed by atoms with E-state index in [1.807, 2.05) is 0 Å². The van der Waals surface area contributed by atoms with Crippen molar-refractivity contribution >= 4 is 23.9 Å². The molecule has 1 aromatic carbocycles. The second-order valence-electron chi connectivity index (χ2n) is 4.87. The van der Waals surface area contributed by atoms with Crippen LogP contribution in [0.2, 0.25) is 0 Å². The van der Waals surface area contributed by atoms with Crippen molar-refractivity contribution in [1.82, 2.24) is 15.0 Å². The summed E-state index contributed by atoms with van der Waals surface area (Å²) in [6.07, 6.45) is 2.79. The zero-order chi connectivity index (χ0) is 19.1. The summed E-state index contributed by atoms with van der Waals surface area (Å²) in [6.45, 7) is -0.185. The van der Waals surface area contributed by atoms with Gasteiger partial charge in [0.2, 0.25) is 17.6 Å². The second kappa shape index (κ2) is 8.51. The summed E-state index contributed by atoms with van der Waals surface area (Å²) >= 11 is 0. The molecule has 1 aromatic heterocycles. The molecule has 0 fully saturated rings. The molecule has 0 saturated heterocycles. The summed E-state index contributed by atoms with van der Waals surface area (Å²) in [6, 6.07) is 3.39. The Labute approximate surface area is 149 Å². The van der Waals surface area contributed by atoms with E-state index in [1.54, 1.807) is 18.2 Å². The summed E-state index contributed by atoms with van der Waals surface area (Å²) in [5, 5.41) is 0. The van der Waals surface area contributed by atoms with Crippen molar-refractivity contribution < 1.29 is 23.7 Å². The van der Waals surface area contributed by atoms with E-state index in [1.165, 1.54) is 27.4 Å². The maximum absolute atomic E-state index is 11.9. The standard InChI is InChI=1S/C16H19N5O5/c1-23-10-6-9(7-11(24-2)14(10)25-3)4-5-13(22)26-8-12-19-15(17)21-16(18)20-12/h4-7H,8H2,1-3H3,(H4,17,18,19,20,21)/b5-4+. The first-order valence-corrected chi connectivity index (χ1v) is 7.37. The molecule has 0 unspecified atom stereocenters. The molecular formula is C16H19N5O5. The fourth-order valence-electron chi connectivity index (χ4n) is 2.07. The van der Waals surface area contributed by atoms with Crippen LogP contribution < -0.4 is 25.7 Å². The summed E-state index contributed by atoms with van der Waals surface area (Å²) < 4.78 is 20.8. The molecule has 0 spiro atoms. The third-order valence-electron chi connectivity index (χ3n) is 3.16. The van der Waals surface area contributed by atoms with Gasteiger partial charge in [-0.15, -0.1) is 0 Å². The number of nitrogens with zero attached hydrogens (tertiary/aromatic N) is 3. The van der Waals surface area contributed by atoms with Crippen LogP contribution in [0.5, 0.6) is 17.2 Å². The summed E-state index contributed by atoms with van der Waals surface area (Å²) in [4.78, 5) is 23.1. The minimum atomic E-state index is -0.601. The monoisotopic (exact) mass is 361 g/mol. The highest BCUT2D eigenvalue weighted by Gasteiger charge is 2.12. The Morgan fingerprint density at radius 1 is 1.00 bits per heavy atom. The first-order valence-electron chi connectivity index (χ1n) is 7.37. The quantitative estimate of drug-likeness (QED) is 0.537. The van der Waals surface area contributed by atoms with Gasteiger partial charge in [-0.3, -0.25) is 0 Å². The lowest BCUT2D eigenvalue weighted by molar-refractivity contribution is -0.139. The van der Waals surface area contributed by atoms with E-state index in [0.29, 0.717) is 22.8 Å². The van der Waals surface area contributed by atoms with E-state index in [9.17, 15) is 4.79 Å². The van der Waals surface area contributed by atoms with Crippen LogP contribution >= 0.6 is 0 Å². The van der Waals surface area contributed by atoms with Crippen molar-refractivity contribution in [2.45, 2.75) is 6.61 Å². The number of benzene rings is 1. The van der Waals surface area contributed by atoms with Crippen LogP contribution in [0, 0.1) is 0 Å². The number of carbonyl (C=O) groups is 1. The number of aromatic nitrogens is 3. The Kier molecular flexibility index (Phi) is 6.15. The number of ether oxygens (including phenoxy) is 4. The average molecular weight is 361 g/mol. The molecular weight excluding hydrogens is 342 g/mol. The number of nitrogens with two attached hydrogens (primary N) is 2. The van der Waals surface area contributed by atoms with Crippen molar-refractivity contribution in [3.8, 4) is 17.2 Å². The van der Waals surface area contributed by atoms with Crippen LogP contribution in [0.4, 0.5) is 11.9 Å². The van der Waals surface area contributed by atoms with Gasteiger partial charge in [0.1, 0.15) is 0 Å². The number of rotatable bonds is 7. The number of hydrogen-bond donors (Lipinski definition) is 2. The highest BCUT2D eigenvalue weighted by molar-refractivity contribution is 5.87. The first kappa shape index (κ1) is 18.8. The van der Waals surface area contributed by atoms with E-state index >= 15 is 0 Å². The Morgan fingerprint density at radius 2 is 1.58 bits per heavy atom. The minimum Gasteiger partial charge on any atom is -0.493 e. The van der Waals surface area contributed by atoms with Gasteiger partial charge >= 0.3 is 5.97 Å². The minimum absolute atomic E-state index is 0.0449. The highest BCUT2D eigenvalue weighted by atomic mass is 16.5. The number of anilines is 2. The molecule has 0 atom stereocenters. The smallest absolute Gasteiger partial charge is 0.331 e. The van der Waals surface area contributed by atoms with Crippen molar-refractivity contribution in [3.05, 3.63) is 29.6 Å². The Bertz CT molecular complexity index is 779. The third-order valence-corrected chi connectivity index (χ3v) is 3.16. The molecule has 0 radical (unpaired) electrons. The van der Waals surface area contributed by atoms with Crippen LogP contribution in [0.1, 0.15) is 11.4 Å². The Balaban J connectivity index is 2.07. The molecule has 2 rings (SSSR count). The molecule has 138 valence electrons. The molecule has 0 bridgehead atoms. The first-order chi connectivity index (χ1) is 12.5. The van der Waals surface area contributed by atoms with Gasteiger partial charge in [-0.2, -0.15) is 15.0 Å². The van der Waals surface area contributed by atoms with Gasteiger partial charge in [-0.05, 0) is 23.8 Å². The topological polar surface area (TPSA) is 145 Å². The molecule has 10 nitrogen and oxygen atoms in total. The molecule has 0 amide bonds. The van der Waals surface area contributed by atoms with Crippen LogP contribution in [0.3, 0.4) is 0 Å². The van der Waals surface area contributed by atoms with Crippen LogP contribution in [-0.2, 0) is 16.1 Å². The normalized spacial score (nSPS) is 10.6. The largest absolute Gasteiger partial charge is 0.493 e. The van der Waals surface area contributed by atoms with E-state index in [0.717, 1.165) is 0 Å². The SMILES string of the molecule is COc1cc(/C=C/C(=O)OCc2nc(N)nc(N)n2)cc(OC)c1OC.